The number of nitrogens with zero attached hydrogens (tertiary/aromatic N) is 2. The monoisotopic (exact) mass is 526 g/mol. The van der Waals surface area contributed by atoms with Crippen LogP contribution < -0.4 is 10.9 Å². The summed E-state index contributed by atoms with van der Waals surface area (Å²) in [6.45, 7) is 3.32. The topological polar surface area (TPSA) is 134 Å². The van der Waals surface area contributed by atoms with Gasteiger partial charge >= 0.3 is 5.97 Å². The molecular formula is C18H16Br2N4O5. The summed E-state index contributed by atoms with van der Waals surface area (Å²) in [7, 11) is 0. The molecule has 152 valence electrons. The SMILES string of the molecule is CCOC(=O)c1nc(Br)ccc1NC(C)=O.O=c1cc(O)c2nc(Br)ccc2[nH]1. The molecule has 9 nitrogen and oxygen atoms in total. The maximum atomic E-state index is 11.5. The molecular weight excluding hydrogens is 512 g/mol. The van der Waals surface area contributed by atoms with Gasteiger partial charge in [-0.2, -0.15) is 0 Å². The van der Waals surface area contributed by atoms with Gasteiger partial charge in [-0.1, -0.05) is 0 Å². The zero-order valence-electron chi connectivity index (χ0n) is 15.3. The Morgan fingerprint density at radius 2 is 1.83 bits per heavy atom. The van der Waals surface area contributed by atoms with Gasteiger partial charge in [0.25, 0.3) is 5.56 Å². The first-order chi connectivity index (χ1) is 13.7. The number of fused-ring (bicyclic) bond motifs is 1. The van der Waals surface area contributed by atoms with Gasteiger partial charge < -0.3 is 20.1 Å². The van der Waals surface area contributed by atoms with Gasteiger partial charge in [0.1, 0.15) is 20.5 Å². The molecule has 0 spiro atoms. The number of esters is 1. The number of aromatic amines is 1. The average molecular weight is 528 g/mol. The van der Waals surface area contributed by atoms with Gasteiger partial charge in [-0.15, -0.1) is 0 Å². The van der Waals surface area contributed by atoms with E-state index < -0.39 is 5.97 Å². The van der Waals surface area contributed by atoms with Crippen LogP contribution in [0.15, 0.2) is 44.3 Å². The van der Waals surface area contributed by atoms with Crippen LogP contribution in [0.2, 0.25) is 0 Å². The molecule has 0 aliphatic heterocycles. The average Bonchev–Trinajstić information content (AvgIpc) is 2.64. The van der Waals surface area contributed by atoms with Gasteiger partial charge in [-0.3, -0.25) is 9.59 Å². The molecule has 0 aliphatic rings. The molecule has 3 aromatic heterocycles. The van der Waals surface area contributed by atoms with E-state index in [9.17, 15) is 19.5 Å². The molecule has 0 aromatic carbocycles. The maximum absolute atomic E-state index is 11.5. The van der Waals surface area contributed by atoms with E-state index in [1.54, 1.807) is 31.2 Å². The van der Waals surface area contributed by atoms with E-state index in [-0.39, 0.29) is 29.5 Å². The number of hydrogen-bond acceptors (Lipinski definition) is 7. The fourth-order valence-electron chi connectivity index (χ4n) is 2.17. The summed E-state index contributed by atoms with van der Waals surface area (Å²) < 4.78 is 5.95. The summed E-state index contributed by atoms with van der Waals surface area (Å²) >= 11 is 6.32. The second kappa shape index (κ2) is 10.1. The summed E-state index contributed by atoms with van der Waals surface area (Å²) in [5.74, 6) is -0.942. The van der Waals surface area contributed by atoms with Crippen LogP contribution in [0.3, 0.4) is 0 Å². The predicted molar refractivity (Wildman–Crippen MR) is 114 cm³/mol. The van der Waals surface area contributed by atoms with Crippen molar-refractivity contribution in [3.8, 4) is 5.75 Å². The minimum atomic E-state index is -0.562. The van der Waals surface area contributed by atoms with Crippen LogP contribution in [0.1, 0.15) is 24.3 Å². The van der Waals surface area contributed by atoms with Crippen molar-refractivity contribution in [2.24, 2.45) is 0 Å². The van der Waals surface area contributed by atoms with Crippen LogP contribution in [0.25, 0.3) is 11.0 Å². The number of H-pyrrole nitrogens is 1. The highest BCUT2D eigenvalue weighted by atomic mass is 79.9. The number of carbonyl (C=O) groups excluding carboxylic acids is 2. The quantitative estimate of drug-likeness (QED) is 0.351. The van der Waals surface area contributed by atoms with Crippen molar-refractivity contribution in [2.45, 2.75) is 13.8 Å². The first-order valence-corrected chi connectivity index (χ1v) is 9.79. The van der Waals surface area contributed by atoms with Crippen molar-refractivity contribution in [3.63, 3.8) is 0 Å². The zero-order valence-corrected chi connectivity index (χ0v) is 18.5. The van der Waals surface area contributed by atoms with Crippen LogP contribution in [0.4, 0.5) is 5.69 Å². The Labute approximate surface area is 181 Å². The number of nitrogens with one attached hydrogen (secondary N) is 2. The molecule has 3 rings (SSSR count). The van der Waals surface area contributed by atoms with Crippen molar-refractivity contribution >= 4 is 60.5 Å². The van der Waals surface area contributed by atoms with Crippen molar-refractivity contribution in [1.29, 1.82) is 0 Å². The largest absolute Gasteiger partial charge is 0.505 e. The Balaban J connectivity index is 0.000000211. The first kappa shape index (κ1) is 22.5. The Kier molecular flexibility index (Phi) is 7.85. The zero-order chi connectivity index (χ0) is 21.6. The van der Waals surface area contributed by atoms with Crippen molar-refractivity contribution in [1.82, 2.24) is 15.0 Å². The van der Waals surface area contributed by atoms with E-state index in [2.05, 4.69) is 52.1 Å². The van der Waals surface area contributed by atoms with Gasteiger partial charge in [0, 0.05) is 13.0 Å². The van der Waals surface area contributed by atoms with Crippen molar-refractivity contribution < 1.29 is 19.4 Å². The summed E-state index contributed by atoms with van der Waals surface area (Å²) in [5, 5.41) is 11.9. The van der Waals surface area contributed by atoms with Crippen molar-refractivity contribution in [2.75, 3.05) is 11.9 Å². The number of aromatic nitrogens is 3. The normalized spacial score (nSPS) is 10.1. The molecule has 0 fully saturated rings. The van der Waals surface area contributed by atoms with Crippen LogP contribution >= 0.6 is 31.9 Å². The summed E-state index contributed by atoms with van der Waals surface area (Å²) in [6, 6.07) is 7.69. The standard InChI is InChI=1S/C10H11BrN2O3.C8H5BrN2O2/c1-3-16-10(15)9-7(12-6(2)14)4-5-8(11)13-9;9-6-2-1-4-8(11-6)5(12)3-7(13)10-4/h4-5H,3H2,1-2H3,(H,12,14);1-3H,(H2,10,12,13). The number of halogens is 2. The number of anilines is 1. The Hall–Kier alpha value is -2.79. The lowest BCUT2D eigenvalue weighted by atomic mass is 10.3. The van der Waals surface area contributed by atoms with E-state index in [1.165, 1.54) is 6.92 Å². The van der Waals surface area contributed by atoms with Crippen molar-refractivity contribution in [3.05, 3.63) is 55.6 Å². The highest BCUT2D eigenvalue weighted by Crippen LogP contribution is 2.20. The van der Waals surface area contributed by atoms with Gasteiger partial charge in [0.2, 0.25) is 5.91 Å². The minimum Gasteiger partial charge on any atom is -0.505 e. The van der Waals surface area contributed by atoms with Crippen LogP contribution in [0.5, 0.6) is 5.75 Å². The fraction of sp³-hybridized carbons (Fsp3) is 0.167. The summed E-state index contributed by atoms with van der Waals surface area (Å²) in [4.78, 5) is 43.9. The third-order valence-corrected chi connectivity index (χ3v) is 4.15. The molecule has 0 aliphatic carbocycles. The molecule has 0 saturated heterocycles. The molecule has 11 heteroatoms. The minimum absolute atomic E-state index is 0.0893. The summed E-state index contributed by atoms with van der Waals surface area (Å²) in [5.41, 5.74) is 0.997. The molecule has 0 bridgehead atoms. The molecule has 0 unspecified atom stereocenters. The van der Waals surface area contributed by atoms with Crippen LogP contribution in [-0.2, 0) is 9.53 Å². The number of aromatic hydroxyl groups is 1. The number of pyridine rings is 3. The summed E-state index contributed by atoms with van der Waals surface area (Å²) in [6.07, 6.45) is 0. The highest BCUT2D eigenvalue weighted by Gasteiger charge is 2.15. The molecule has 29 heavy (non-hydrogen) atoms. The van der Waals surface area contributed by atoms with E-state index in [4.69, 9.17) is 4.74 Å². The van der Waals surface area contributed by atoms with Gasteiger partial charge in [0.15, 0.2) is 5.69 Å². The number of rotatable bonds is 3. The molecule has 3 N–H and O–H groups in total. The first-order valence-electron chi connectivity index (χ1n) is 8.21. The molecule has 0 saturated carbocycles. The Morgan fingerprint density at radius 1 is 1.17 bits per heavy atom. The fourth-order valence-corrected chi connectivity index (χ4v) is 2.79. The van der Waals surface area contributed by atoms with E-state index in [1.807, 2.05) is 0 Å². The van der Waals surface area contributed by atoms with Gasteiger partial charge in [0.05, 0.1) is 17.8 Å². The lowest BCUT2D eigenvalue weighted by Gasteiger charge is -2.08. The van der Waals surface area contributed by atoms with E-state index >= 15 is 0 Å². The molecule has 3 heterocycles. The smallest absolute Gasteiger partial charge is 0.359 e. The molecule has 0 atom stereocenters. The van der Waals surface area contributed by atoms with Crippen LogP contribution in [-0.4, -0.2) is 38.5 Å². The predicted octanol–water partition coefficient (Wildman–Crippen LogP) is 3.37. The Bertz CT molecular complexity index is 1120. The molecule has 0 radical (unpaired) electrons. The van der Waals surface area contributed by atoms with E-state index in [0.29, 0.717) is 25.9 Å². The maximum Gasteiger partial charge on any atom is 0.359 e. The third kappa shape index (κ3) is 6.36. The molecule has 3 aromatic rings. The van der Waals surface area contributed by atoms with Gasteiger partial charge in [-0.25, -0.2) is 14.8 Å². The Morgan fingerprint density at radius 3 is 2.48 bits per heavy atom. The number of carbonyl (C=O) groups is 2. The lowest BCUT2D eigenvalue weighted by Crippen LogP contribution is -2.14. The van der Waals surface area contributed by atoms with Crippen LogP contribution in [0, 0.1) is 0 Å². The second-order valence-electron chi connectivity index (χ2n) is 5.48. The second-order valence-corrected chi connectivity index (χ2v) is 7.11. The van der Waals surface area contributed by atoms with Gasteiger partial charge in [-0.05, 0) is 63.0 Å². The highest BCUT2D eigenvalue weighted by molar-refractivity contribution is 9.10. The number of ether oxygens (including phenoxy) is 1. The number of hydrogen-bond donors (Lipinski definition) is 3. The third-order valence-electron chi connectivity index (χ3n) is 3.27. The lowest BCUT2D eigenvalue weighted by molar-refractivity contribution is -0.114. The van der Waals surface area contributed by atoms with E-state index in [0.717, 1.165) is 6.07 Å². The molecule has 1 amide bonds. The number of amides is 1.